The van der Waals surface area contributed by atoms with Crippen molar-refractivity contribution in [3.63, 3.8) is 0 Å². The number of hydrogen-bond acceptors (Lipinski definition) is 2. The zero-order valence-corrected chi connectivity index (χ0v) is 19.3. The standard InChI is InChI=1S/C28H36O2/c1-7-8-22-9-11-23(12-10-22)28(18-21(4)17-27(5,6)19-28)24-13-15-25(16-14-24)30-26(29)20(2)3/h9-16,21H,2,7-8,17-19H2,1,3-6H3. The van der Waals surface area contributed by atoms with E-state index >= 15 is 0 Å². The third-order valence-electron chi connectivity index (χ3n) is 6.39. The third-order valence-corrected chi connectivity index (χ3v) is 6.39. The smallest absolute Gasteiger partial charge is 0.338 e. The average molecular weight is 405 g/mol. The van der Waals surface area contributed by atoms with Gasteiger partial charge in [0.1, 0.15) is 5.75 Å². The first-order valence-corrected chi connectivity index (χ1v) is 11.2. The van der Waals surface area contributed by atoms with Crippen LogP contribution in [0.2, 0.25) is 0 Å². The molecule has 160 valence electrons. The molecule has 0 aliphatic heterocycles. The highest BCUT2D eigenvalue weighted by Crippen LogP contribution is 2.53. The van der Waals surface area contributed by atoms with Crippen LogP contribution in [0.3, 0.4) is 0 Å². The largest absolute Gasteiger partial charge is 0.423 e. The molecule has 1 saturated carbocycles. The van der Waals surface area contributed by atoms with Gasteiger partial charge < -0.3 is 4.74 Å². The quantitative estimate of drug-likeness (QED) is 0.288. The van der Waals surface area contributed by atoms with E-state index in [1.165, 1.54) is 29.5 Å². The Morgan fingerprint density at radius 3 is 2.10 bits per heavy atom. The summed E-state index contributed by atoms with van der Waals surface area (Å²) in [6.07, 6.45) is 5.78. The number of aryl methyl sites for hydroxylation is 1. The molecule has 3 rings (SSSR count). The van der Waals surface area contributed by atoms with Crippen molar-refractivity contribution in [2.75, 3.05) is 0 Å². The molecule has 2 unspecified atom stereocenters. The summed E-state index contributed by atoms with van der Waals surface area (Å²) >= 11 is 0. The Bertz CT molecular complexity index is 889. The first kappa shape index (κ1) is 22.3. The van der Waals surface area contributed by atoms with E-state index in [1.807, 2.05) is 12.1 Å². The highest BCUT2D eigenvalue weighted by Gasteiger charge is 2.45. The molecule has 0 N–H and O–H groups in total. The van der Waals surface area contributed by atoms with Gasteiger partial charge in [-0.1, -0.05) is 77.1 Å². The molecule has 2 nitrogen and oxygen atoms in total. The van der Waals surface area contributed by atoms with Gasteiger partial charge in [-0.25, -0.2) is 4.79 Å². The van der Waals surface area contributed by atoms with Crippen molar-refractivity contribution in [2.24, 2.45) is 11.3 Å². The maximum absolute atomic E-state index is 11.9. The van der Waals surface area contributed by atoms with Crippen molar-refractivity contribution >= 4 is 5.97 Å². The minimum Gasteiger partial charge on any atom is -0.423 e. The van der Waals surface area contributed by atoms with Crippen LogP contribution in [0.4, 0.5) is 0 Å². The molecule has 0 saturated heterocycles. The lowest BCUT2D eigenvalue weighted by Gasteiger charge is -2.48. The molecule has 0 bridgehead atoms. The fourth-order valence-corrected chi connectivity index (χ4v) is 5.49. The summed E-state index contributed by atoms with van der Waals surface area (Å²) in [6, 6.07) is 17.4. The van der Waals surface area contributed by atoms with E-state index < -0.39 is 0 Å². The summed E-state index contributed by atoms with van der Waals surface area (Å²) in [5, 5.41) is 0. The van der Waals surface area contributed by atoms with E-state index in [-0.39, 0.29) is 16.8 Å². The first-order chi connectivity index (χ1) is 14.1. The lowest BCUT2D eigenvalue weighted by Crippen LogP contribution is -2.41. The Hall–Kier alpha value is -2.35. The average Bonchev–Trinajstić information content (AvgIpc) is 2.67. The molecule has 0 spiro atoms. The molecule has 1 fully saturated rings. The van der Waals surface area contributed by atoms with E-state index in [9.17, 15) is 4.79 Å². The van der Waals surface area contributed by atoms with Crippen LogP contribution < -0.4 is 4.74 Å². The molecule has 1 aliphatic rings. The number of ether oxygens (including phenoxy) is 1. The van der Waals surface area contributed by atoms with Crippen LogP contribution in [0.1, 0.15) is 77.0 Å². The molecular formula is C28H36O2. The van der Waals surface area contributed by atoms with E-state index in [0.717, 1.165) is 19.3 Å². The van der Waals surface area contributed by atoms with Gasteiger partial charge in [-0.2, -0.15) is 0 Å². The van der Waals surface area contributed by atoms with Gasteiger partial charge in [0, 0.05) is 11.0 Å². The number of esters is 1. The second-order valence-electron chi connectivity index (χ2n) is 10.1. The van der Waals surface area contributed by atoms with Crippen molar-refractivity contribution in [1.82, 2.24) is 0 Å². The van der Waals surface area contributed by atoms with Crippen molar-refractivity contribution in [1.29, 1.82) is 0 Å². The van der Waals surface area contributed by atoms with Gasteiger partial charge >= 0.3 is 5.97 Å². The third kappa shape index (κ3) is 4.86. The maximum atomic E-state index is 11.9. The van der Waals surface area contributed by atoms with Gasteiger partial charge in [-0.15, -0.1) is 0 Å². The minimum absolute atomic E-state index is 0.0250. The molecule has 1 aliphatic carbocycles. The Morgan fingerprint density at radius 2 is 1.60 bits per heavy atom. The van der Waals surface area contributed by atoms with Crippen LogP contribution in [0.5, 0.6) is 5.75 Å². The lowest BCUT2D eigenvalue weighted by molar-refractivity contribution is -0.130. The Kier molecular flexibility index (Phi) is 6.55. The summed E-state index contributed by atoms with van der Waals surface area (Å²) in [6.45, 7) is 14.7. The van der Waals surface area contributed by atoms with Crippen LogP contribution in [0.15, 0.2) is 60.7 Å². The summed E-state index contributed by atoms with van der Waals surface area (Å²) in [5.74, 6) is 0.838. The molecular weight excluding hydrogens is 368 g/mol. The van der Waals surface area contributed by atoms with E-state index in [2.05, 4.69) is 70.7 Å². The van der Waals surface area contributed by atoms with Crippen molar-refractivity contribution in [3.8, 4) is 5.75 Å². The Balaban J connectivity index is 2.01. The number of benzene rings is 2. The van der Waals surface area contributed by atoms with Crippen LogP contribution in [-0.4, -0.2) is 5.97 Å². The van der Waals surface area contributed by atoms with Crippen molar-refractivity contribution < 1.29 is 9.53 Å². The predicted molar refractivity (Wildman–Crippen MR) is 125 cm³/mol. The molecule has 2 atom stereocenters. The van der Waals surface area contributed by atoms with Crippen LogP contribution in [0, 0.1) is 11.3 Å². The summed E-state index contributed by atoms with van der Waals surface area (Å²) < 4.78 is 5.42. The molecule has 0 heterocycles. The summed E-state index contributed by atoms with van der Waals surface area (Å²) in [7, 11) is 0. The molecule has 2 heteroatoms. The first-order valence-electron chi connectivity index (χ1n) is 11.2. The summed E-state index contributed by atoms with van der Waals surface area (Å²) in [5.41, 5.74) is 4.76. The van der Waals surface area contributed by atoms with E-state index in [4.69, 9.17) is 4.74 Å². The van der Waals surface area contributed by atoms with Gasteiger partial charge in [-0.3, -0.25) is 0 Å². The van der Waals surface area contributed by atoms with Crippen LogP contribution >= 0.6 is 0 Å². The summed E-state index contributed by atoms with van der Waals surface area (Å²) in [4.78, 5) is 11.9. The van der Waals surface area contributed by atoms with Gasteiger partial charge in [0.2, 0.25) is 0 Å². The highest BCUT2D eigenvalue weighted by atomic mass is 16.5. The molecule has 2 aromatic rings. The van der Waals surface area contributed by atoms with Gasteiger partial charge in [0.25, 0.3) is 0 Å². The van der Waals surface area contributed by atoms with Crippen molar-refractivity contribution in [2.45, 2.75) is 72.1 Å². The van der Waals surface area contributed by atoms with Crippen LogP contribution in [0.25, 0.3) is 0 Å². The second-order valence-corrected chi connectivity index (χ2v) is 10.1. The lowest BCUT2D eigenvalue weighted by atomic mass is 9.55. The molecule has 0 amide bonds. The van der Waals surface area contributed by atoms with Crippen molar-refractivity contribution in [3.05, 3.63) is 77.4 Å². The Morgan fingerprint density at radius 1 is 1.03 bits per heavy atom. The molecule has 0 radical (unpaired) electrons. The fraction of sp³-hybridized carbons (Fsp3) is 0.464. The molecule has 2 aromatic carbocycles. The van der Waals surface area contributed by atoms with Gasteiger partial charge in [-0.05, 0) is 72.8 Å². The SMILES string of the molecule is C=C(C)C(=O)Oc1ccc(C2(c3ccc(CCC)cc3)CC(C)CC(C)(C)C2)cc1. The second kappa shape index (κ2) is 8.79. The number of carbonyl (C=O) groups is 1. The normalized spacial score (nSPS) is 23.0. The fourth-order valence-electron chi connectivity index (χ4n) is 5.49. The monoisotopic (exact) mass is 404 g/mol. The zero-order chi connectivity index (χ0) is 21.9. The van der Waals surface area contributed by atoms with Gasteiger partial charge in [0.05, 0.1) is 0 Å². The molecule has 0 aromatic heterocycles. The van der Waals surface area contributed by atoms with E-state index in [1.54, 1.807) is 6.92 Å². The number of carbonyl (C=O) groups excluding carboxylic acids is 1. The number of hydrogen-bond donors (Lipinski definition) is 0. The zero-order valence-electron chi connectivity index (χ0n) is 19.3. The molecule has 30 heavy (non-hydrogen) atoms. The number of rotatable bonds is 6. The van der Waals surface area contributed by atoms with E-state index in [0.29, 0.717) is 17.2 Å². The minimum atomic E-state index is -0.378. The highest BCUT2D eigenvalue weighted by molar-refractivity contribution is 5.88. The van der Waals surface area contributed by atoms with Crippen LogP contribution in [-0.2, 0) is 16.6 Å². The topological polar surface area (TPSA) is 26.3 Å². The Labute approximate surface area is 182 Å². The van der Waals surface area contributed by atoms with Gasteiger partial charge in [0.15, 0.2) is 0 Å². The maximum Gasteiger partial charge on any atom is 0.338 e. The predicted octanol–water partition coefficient (Wildman–Crippen LogP) is 7.25.